The van der Waals surface area contributed by atoms with E-state index in [1.807, 2.05) is 0 Å². The summed E-state index contributed by atoms with van der Waals surface area (Å²) in [5.41, 5.74) is 0. The third-order valence-electron chi connectivity index (χ3n) is 2.77. The molecule has 0 spiro atoms. The lowest BCUT2D eigenvalue weighted by Gasteiger charge is -2.01. The lowest BCUT2D eigenvalue weighted by Crippen LogP contribution is -2.24. The summed E-state index contributed by atoms with van der Waals surface area (Å²) in [6.07, 6.45) is 4.75. The SMILES string of the molecule is OC[C@@H]1CCCN1.OC[C@@H]1CCCN1. The monoisotopic (exact) mass is 202 g/mol. The van der Waals surface area contributed by atoms with E-state index in [-0.39, 0.29) is 0 Å². The zero-order valence-electron chi connectivity index (χ0n) is 8.71. The summed E-state index contributed by atoms with van der Waals surface area (Å²) in [6, 6.07) is 0.806. The quantitative estimate of drug-likeness (QED) is 0.486. The molecule has 0 amide bonds. The van der Waals surface area contributed by atoms with Gasteiger partial charge < -0.3 is 20.8 Å². The lowest BCUT2D eigenvalue weighted by molar-refractivity contribution is 0.255. The van der Waals surface area contributed by atoms with Crippen molar-refractivity contribution in [2.45, 2.75) is 37.8 Å². The molecule has 0 aliphatic carbocycles. The fourth-order valence-electron chi connectivity index (χ4n) is 1.83. The average molecular weight is 202 g/mol. The first-order chi connectivity index (χ1) is 6.86. The van der Waals surface area contributed by atoms with Crippen molar-refractivity contribution in [1.82, 2.24) is 10.6 Å². The Morgan fingerprint density at radius 1 is 0.857 bits per heavy atom. The maximum Gasteiger partial charge on any atom is 0.0584 e. The van der Waals surface area contributed by atoms with Gasteiger partial charge in [-0.15, -0.1) is 0 Å². The van der Waals surface area contributed by atoms with Crippen molar-refractivity contribution >= 4 is 0 Å². The Hall–Kier alpha value is -0.160. The smallest absolute Gasteiger partial charge is 0.0584 e. The highest BCUT2D eigenvalue weighted by atomic mass is 16.3. The van der Waals surface area contributed by atoms with Crippen LogP contribution < -0.4 is 10.6 Å². The summed E-state index contributed by atoms with van der Waals surface area (Å²) < 4.78 is 0. The van der Waals surface area contributed by atoms with Crippen LogP contribution in [0.25, 0.3) is 0 Å². The van der Waals surface area contributed by atoms with Crippen LogP contribution >= 0.6 is 0 Å². The van der Waals surface area contributed by atoms with Crippen molar-refractivity contribution in [3.63, 3.8) is 0 Å². The van der Waals surface area contributed by atoms with Crippen molar-refractivity contribution in [3.05, 3.63) is 0 Å². The van der Waals surface area contributed by atoms with Crippen LogP contribution in [0.5, 0.6) is 0 Å². The van der Waals surface area contributed by atoms with Crippen LogP contribution in [0.4, 0.5) is 0 Å². The maximum absolute atomic E-state index is 8.50. The molecule has 2 atom stereocenters. The Kier molecular flexibility index (Phi) is 6.10. The highest BCUT2D eigenvalue weighted by Crippen LogP contribution is 2.02. The largest absolute Gasteiger partial charge is 0.395 e. The lowest BCUT2D eigenvalue weighted by atomic mass is 10.2. The second-order valence-electron chi connectivity index (χ2n) is 3.95. The van der Waals surface area contributed by atoms with Crippen LogP contribution in [-0.2, 0) is 0 Å². The van der Waals surface area contributed by atoms with E-state index in [0.717, 1.165) is 25.9 Å². The molecule has 4 nitrogen and oxygen atoms in total. The first-order valence-corrected chi connectivity index (χ1v) is 5.55. The molecule has 2 fully saturated rings. The van der Waals surface area contributed by atoms with Crippen LogP contribution in [0.3, 0.4) is 0 Å². The second-order valence-corrected chi connectivity index (χ2v) is 3.95. The number of aliphatic hydroxyl groups excluding tert-OH is 2. The molecule has 2 rings (SSSR count). The van der Waals surface area contributed by atoms with Gasteiger partial charge in [-0.25, -0.2) is 0 Å². The van der Waals surface area contributed by atoms with Gasteiger partial charge in [0, 0.05) is 12.1 Å². The molecule has 4 N–H and O–H groups in total. The van der Waals surface area contributed by atoms with Gasteiger partial charge in [0.1, 0.15) is 0 Å². The molecule has 0 bridgehead atoms. The molecular weight excluding hydrogens is 180 g/mol. The van der Waals surface area contributed by atoms with Gasteiger partial charge >= 0.3 is 0 Å². The van der Waals surface area contributed by atoms with E-state index < -0.39 is 0 Å². The summed E-state index contributed by atoms with van der Waals surface area (Å²) in [7, 11) is 0. The summed E-state index contributed by atoms with van der Waals surface area (Å²) in [4.78, 5) is 0. The zero-order chi connectivity index (χ0) is 10.2. The number of rotatable bonds is 2. The number of hydrogen-bond donors (Lipinski definition) is 4. The van der Waals surface area contributed by atoms with Gasteiger partial charge in [0.15, 0.2) is 0 Å². The molecule has 14 heavy (non-hydrogen) atoms. The van der Waals surface area contributed by atoms with Crippen molar-refractivity contribution in [2.24, 2.45) is 0 Å². The van der Waals surface area contributed by atoms with E-state index in [1.165, 1.54) is 12.8 Å². The molecule has 2 heterocycles. The van der Waals surface area contributed by atoms with Gasteiger partial charge in [-0.1, -0.05) is 0 Å². The molecule has 2 saturated heterocycles. The molecule has 2 aliphatic heterocycles. The zero-order valence-corrected chi connectivity index (χ0v) is 8.71. The van der Waals surface area contributed by atoms with Gasteiger partial charge in [-0.05, 0) is 38.8 Å². The van der Waals surface area contributed by atoms with E-state index in [9.17, 15) is 0 Å². The highest BCUT2D eigenvalue weighted by Gasteiger charge is 2.11. The fourth-order valence-corrected chi connectivity index (χ4v) is 1.83. The Morgan fingerprint density at radius 3 is 1.43 bits per heavy atom. The molecule has 0 saturated carbocycles. The first-order valence-electron chi connectivity index (χ1n) is 5.55. The molecule has 84 valence electrons. The van der Waals surface area contributed by atoms with Crippen molar-refractivity contribution in [3.8, 4) is 0 Å². The molecule has 4 heteroatoms. The Labute approximate surface area is 85.7 Å². The summed E-state index contributed by atoms with van der Waals surface area (Å²) in [5.74, 6) is 0. The molecule has 0 radical (unpaired) electrons. The van der Waals surface area contributed by atoms with E-state index in [4.69, 9.17) is 10.2 Å². The summed E-state index contributed by atoms with van der Waals surface area (Å²) in [5, 5.41) is 23.3. The van der Waals surface area contributed by atoms with Crippen LogP contribution in [0.1, 0.15) is 25.7 Å². The summed E-state index contributed by atoms with van der Waals surface area (Å²) >= 11 is 0. The average Bonchev–Trinajstić information content (AvgIpc) is 2.92. The minimum atomic E-state index is 0.306. The fraction of sp³-hybridized carbons (Fsp3) is 1.00. The molecule has 0 unspecified atom stereocenters. The molecule has 0 aromatic rings. The number of aliphatic hydroxyl groups is 2. The van der Waals surface area contributed by atoms with E-state index in [0.29, 0.717) is 25.3 Å². The van der Waals surface area contributed by atoms with Crippen molar-refractivity contribution in [2.75, 3.05) is 26.3 Å². The standard InChI is InChI=1S/2C5H11NO/c2*7-4-5-2-1-3-6-5/h2*5-7H,1-4H2/t2*5-/m00/s1. The van der Waals surface area contributed by atoms with Gasteiger partial charge in [-0.2, -0.15) is 0 Å². The van der Waals surface area contributed by atoms with Crippen molar-refractivity contribution < 1.29 is 10.2 Å². The molecular formula is C10H22N2O2. The van der Waals surface area contributed by atoms with Crippen LogP contribution in [-0.4, -0.2) is 48.6 Å². The molecule has 2 aliphatic rings. The van der Waals surface area contributed by atoms with Crippen LogP contribution in [0, 0.1) is 0 Å². The third kappa shape index (κ3) is 4.37. The normalized spacial score (nSPS) is 31.3. The predicted octanol–water partition coefficient (Wildman–Crippen LogP) is -0.539. The third-order valence-corrected chi connectivity index (χ3v) is 2.77. The van der Waals surface area contributed by atoms with Gasteiger partial charge in [0.25, 0.3) is 0 Å². The summed E-state index contributed by atoms with van der Waals surface area (Å²) in [6.45, 7) is 2.79. The van der Waals surface area contributed by atoms with E-state index in [2.05, 4.69) is 10.6 Å². The highest BCUT2D eigenvalue weighted by molar-refractivity contribution is 4.72. The molecule has 0 aromatic carbocycles. The minimum absolute atomic E-state index is 0.306. The molecule has 0 aromatic heterocycles. The van der Waals surface area contributed by atoms with E-state index >= 15 is 0 Å². The first kappa shape index (κ1) is 11.9. The van der Waals surface area contributed by atoms with Gasteiger partial charge in [-0.3, -0.25) is 0 Å². The Morgan fingerprint density at radius 2 is 1.29 bits per heavy atom. The number of nitrogens with one attached hydrogen (secondary N) is 2. The Balaban J connectivity index is 0.000000140. The van der Waals surface area contributed by atoms with Crippen molar-refractivity contribution in [1.29, 1.82) is 0 Å². The predicted molar refractivity (Wildman–Crippen MR) is 56.2 cm³/mol. The van der Waals surface area contributed by atoms with Gasteiger partial charge in [0.05, 0.1) is 13.2 Å². The number of hydrogen-bond acceptors (Lipinski definition) is 4. The second kappa shape index (κ2) is 7.17. The van der Waals surface area contributed by atoms with Gasteiger partial charge in [0.2, 0.25) is 0 Å². The minimum Gasteiger partial charge on any atom is -0.395 e. The Bertz CT molecular complexity index is 116. The van der Waals surface area contributed by atoms with Crippen LogP contribution in [0.15, 0.2) is 0 Å². The topological polar surface area (TPSA) is 64.5 Å². The van der Waals surface area contributed by atoms with Crippen LogP contribution in [0.2, 0.25) is 0 Å². The van der Waals surface area contributed by atoms with E-state index in [1.54, 1.807) is 0 Å². The maximum atomic E-state index is 8.50.